The van der Waals surface area contributed by atoms with Gasteiger partial charge in [0.2, 0.25) is 0 Å². The number of benzene rings is 11. The van der Waals surface area contributed by atoms with Crippen molar-refractivity contribution in [3.63, 3.8) is 0 Å². The van der Waals surface area contributed by atoms with E-state index in [1.54, 1.807) is 0 Å². The molecule has 3 unspecified atom stereocenters. The molecule has 11 aromatic carbocycles. The van der Waals surface area contributed by atoms with Crippen molar-refractivity contribution in [3.05, 3.63) is 335 Å². The fourth-order valence-electron chi connectivity index (χ4n) is 16.0. The monoisotopic (exact) mass is 1070 g/mol. The molecule has 400 valence electrons. The van der Waals surface area contributed by atoms with Crippen LogP contribution in [0.5, 0.6) is 0 Å². The van der Waals surface area contributed by atoms with Crippen LogP contribution in [0.2, 0.25) is 0 Å². The molecule has 5 aliphatic carbocycles. The number of fused-ring (bicyclic) bond motifs is 12. The first-order valence-electron chi connectivity index (χ1n) is 29.9. The van der Waals surface area contributed by atoms with Gasteiger partial charge in [-0.2, -0.15) is 0 Å². The average Bonchev–Trinajstić information content (AvgIpc) is 1.50. The van der Waals surface area contributed by atoms with E-state index >= 15 is 0 Å². The van der Waals surface area contributed by atoms with Crippen LogP contribution < -0.4 is 9.80 Å². The summed E-state index contributed by atoms with van der Waals surface area (Å²) in [6, 6.07) is 94.9. The summed E-state index contributed by atoms with van der Waals surface area (Å²) < 4.78 is 0. The van der Waals surface area contributed by atoms with Crippen LogP contribution in [0.25, 0.3) is 61.2 Å². The molecule has 1 heterocycles. The fraction of sp³-hybridized carbons (Fsp3) is 0.122. The van der Waals surface area contributed by atoms with Crippen molar-refractivity contribution < 1.29 is 0 Å². The third kappa shape index (κ3) is 6.74. The standard InChI is InChI=1S/C82H62N2/c1-79(2)47-45-55(51-79)54-33-35-57(36-34-54)83(60-40-42-65-63-24-12-15-26-67(63)80(3,4)73(65)50-60)59-39-41-61-62-23-13-16-27-68(62)82(69-28-17-14-25-64(69)66(61)49-59)71-29-18-30-74-77(71)78-72(82)44-43-70-76(78)75(46-48-81(70,5)56-21-10-7-11-22-56)84(74)58-37-31-53(32-38-58)52-19-8-6-9-20-52/h6-51,75H,1-5H3. The van der Waals surface area contributed by atoms with E-state index in [2.05, 4.69) is 324 Å². The summed E-state index contributed by atoms with van der Waals surface area (Å²) in [6.45, 7) is 11.7. The minimum atomic E-state index is -0.669. The second-order valence-corrected chi connectivity index (χ2v) is 25.4. The van der Waals surface area contributed by atoms with E-state index in [1.165, 1.54) is 128 Å². The summed E-state index contributed by atoms with van der Waals surface area (Å²) >= 11 is 0. The van der Waals surface area contributed by atoms with Crippen LogP contribution in [0.4, 0.5) is 28.4 Å². The van der Waals surface area contributed by atoms with Gasteiger partial charge in [-0.3, -0.25) is 0 Å². The minimum absolute atomic E-state index is 0.0322. The van der Waals surface area contributed by atoms with Crippen molar-refractivity contribution >= 4 is 34.0 Å². The summed E-state index contributed by atoms with van der Waals surface area (Å²) in [7, 11) is 0. The smallest absolute Gasteiger partial charge is 0.0785 e. The second kappa shape index (κ2) is 17.6. The Hall–Kier alpha value is -9.76. The number of rotatable bonds is 7. The molecule has 1 spiro atoms. The van der Waals surface area contributed by atoms with E-state index in [1.807, 2.05) is 0 Å². The van der Waals surface area contributed by atoms with Crippen molar-refractivity contribution in [2.75, 3.05) is 9.80 Å². The van der Waals surface area contributed by atoms with Gasteiger partial charge in [0.1, 0.15) is 0 Å². The van der Waals surface area contributed by atoms with Gasteiger partial charge in [0, 0.05) is 44.6 Å². The van der Waals surface area contributed by atoms with Crippen LogP contribution in [0.3, 0.4) is 0 Å². The van der Waals surface area contributed by atoms with E-state index in [0.717, 1.165) is 17.1 Å². The summed E-state index contributed by atoms with van der Waals surface area (Å²) in [5.74, 6) is 0. The molecule has 0 fully saturated rings. The van der Waals surface area contributed by atoms with Crippen molar-refractivity contribution in [1.29, 1.82) is 0 Å². The molecule has 0 amide bonds. The van der Waals surface area contributed by atoms with Crippen molar-refractivity contribution in [1.82, 2.24) is 0 Å². The SMILES string of the molecule is CC1(C)C=CC(c2ccc(N(c3ccc4c(c3)-c3ccccc3C3(c5ccccc5-4)c4cccc5c4-c4c3ccc3c4C(C=CC3(C)c3ccccc3)N5c3ccc(-c4ccccc4)cc3)c3ccc4c(c3)C(C)(C)c3ccccc3-4)cc2)=C1. The molecule has 2 nitrogen and oxygen atoms in total. The molecule has 0 saturated carbocycles. The topological polar surface area (TPSA) is 6.48 Å². The molecule has 6 aliphatic rings. The fourth-order valence-corrected chi connectivity index (χ4v) is 16.0. The quantitative estimate of drug-likeness (QED) is 0.147. The van der Waals surface area contributed by atoms with Crippen LogP contribution in [-0.4, -0.2) is 0 Å². The molecule has 17 rings (SSSR count). The van der Waals surface area contributed by atoms with Gasteiger partial charge in [-0.1, -0.05) is 252 Å². The lowest BCUT2D eigenvalue weighted by molar-refractivity contribution is 0.637. The van der Waals surface area contributed by atoms with Crippen molar-refractivity contribution in [2.45, 2.75) is 56.9 Å². The first kappa shape index (κ1) is 48.9. The summed E-state index contributed by atoms with van der Waals surface area (Å²) in [4.78, 5) is 5.14. The Bertz CT molecular complexity index is 4670. The van der Waals surface area contributed by atoms with Gasteiger partial charge < -0.3 is 9.80 Å². The predicted octanol–water partition coefficient (Wildman–Crippen LogP) is 21.2. The summed E-state index contributed by atoms with van der Waals surface area (Å²) in [6.07, 6.45) is 12.0. The van der Waals surface area contributed by atoms with Gasteiger partial charge in [-0.05, 0) is 173 Å². The summed E-state index contributed by atoms with van der Waals surface area (Å²) in [5, 5.41) is 0. The molecular formula is C82H62N2. The number of hydrogen-bond donors (Lipinski definition) is 0. The first-order valence-corrected chi connectivity index (χ1v) is 29.9. The van der Waals surface area contributed by atoms with Gasteiger partial charge in [0.25, 0.3) is 0 Å². The largest absolute Gasteiger partial charge is 0.330 e. The van der Waals surface area contributed by atoms with E-state index < -0.39 is 5.41 Å². The molecule has 2 heteroatoms. The third-order valence-electron chi connectivity index (χ3n) is 20.0. The zero-order valence-corrected chi connectivity index (χ0v) is 48.0. The highest BCUT2D eigenvalue weighted by Gasteiger charge is 2.55. The molecular weight excluding hydrogens is 1010 g/mol. The lowest BCUT2D eigenvalue weighted by atomic mass is 9.64. The van der Waals surface area contributed by atoms with Gasteiger partial charge >= 0.3 is 0 Å². The molecule has 3 atom stereocenters. The van der Waals surface area contributed by atoms with Crippen LogP contribution in [0.15, 0.2) is 279 Å². The minimum Gasteiger partial charge on any atom is -0.330 e. The highest BCUT2D eigenvalue weighted by atomic mass is 15.2. The van der Waals surface area contributed by atoms with E-state index in [-0.39, 0.29) is 22.3 Å². The zero-order chi connectivity index (χ0) is 56.3. The number of anilines is 5. The molecule has 0 N–H and O–H groups in total. The molecule has 0 aromatic heterocycles. The van der Waals surface area contributed by atoms with Gasteiger partial charge in [0.05, 0.1) is 17.1 Å². The highest BCUT2D eigenvalue weighted by molar-refractivity contribution is 6.05. The molecule has 0 bridgehead atoms. The van der Waals surface area contributed by atoms with E-state index in [4.69, 9.17) is 0 Å². The lowest BCUT2D eigenvalue weighted by Crippen LogP contribution is -2.35. The Morgan fingerprint density at radius 1 is 0.381 bits per heavy atom. The maximum absolute atomic E-state index is 2.64. The van der Waals surface area contributed by atoms with Crippen molar-refractivity contribution in [2.24, 2.45) is 5.41 Å². The first-order chi connectivity index (χ1) is 41.0. The molecule has 84 heavy (non-hydrogen) atoms. The van der Waals surface area contributed by atoms with E-state index in [0.29, 0.717) is 0 Å². The van der Waals surface area contributed by atoms with Crippen LogP contribution in [-0.2, 0) is 16.2 Å². The Kier molecular flexibility index (Phi) is 10.3. The third-order valence-corrected chi connectivity index (χ3v) is 20.0. The Morgan fingerprint density at radius 3 is 1.63 bits per heavy atom. The van der Waals surface area contributed by atoms with Crippen LogP contribution >= 0.6 is 0 Å². The van der Waals surface area contributed by atoms with Crippen LogP contribution in [0, 0.1) is 5.41 Å². The van der Waals surface area contributed by atoms with Gasteiger partial charge in [-0.15, -0.1) is 0 Å². The number of nitrogens with zero attached hydrogens (tertiary/aromatic N) is 2. The van der Waals surface area contributed by atoms with Gasteiger partial charge in [0.15, 0.2) is 0 Å². The van der Waals surface area contributed by atoms with E-state index in [9.17, 15) is 0 Å². The number of allylic oxidation sites excluding steroid dienone is 5. The average molecular weight is 1080 g/mol. The normalized spacial score (nSPS) is 19.6. The Balaban J connectivity index is 0.894. The maximum atomic E-state index is 2.64. The predicted molar refractivity (Wildman–Crippen MR) is 350 cm³/mol. The molecule has 0 saturated heterocycles. The highest BCUT2D eigenvalue weighted by Crippen LogP contribution is 2.68. The second-order valence-electron chi connectivity index (χ2n) is 25.4. The molecule has 11 aromatic rings. The van der Waals surface area contributed by atoms with Crippen molar-refractivity contribution in [3.8, 4) is 55.6 Å². The number of hydrogen-bond acceptors (Lipinski definition) is 2. The summed E-state index contributed by atoms with van der Waals surface area (Å²) in [5.41, 5.74) is 32.0. The Labute approximate surface area is 493 Å². The Morgan fingerprint density at radius 2 is 0.929 bits per heavy atom. The van der Waals surface area contributed by atoms with Gasteiger partial charge in [-0.25, -0.2) is 0 Å². The maximum Gasteiger partial charge on any atom is 0.0785 e. The lowest BCUT2D eigenvalue weighted by Gasteiger charge is -2.45. The molecule has 1 aliphatic heterocycles. The zero-order valence-electron chi connectivity index (χ0n) is 48.0. The van der Waals surface area contributed by atoms with Crippen LogP contribution in [0.1, 0.15) is 96.3 Å². The molecule has 0 radical (unpaired) electrons.